The van der Waals surface area contributed by atoms with E-state index in [4.69, 9.17) is 4.74 Å². The van der Waals surface area contributed by atoms with Crippen molar-refractivity contribution in [3.8, 4) is 5.75 Å². The van der Waals surface area contributed by atoms with Crippen LogP contribution in [-0.4, -0.2) is 42.5 Å². The first-order valence-electron chi connectivity index (χ1n) is 14.9. The van der Waals surface area contributed by atoms with Crippen LogP contribution < -0.4 is 4.74 Å². The Morgan fingerprint density at radius 3 is 2.53 bits per heavy atom. The van der Waals surface area contributed by atoms with Gasteiger partial charge in [0.05, 0.1) is 23.7 Å². The van der Waals surface area contributed by atoms with Gasteiger partial charge >= 0.3 is 5.97 Å². The summed E-state index contributed by atoms with van der Waals surface area (Å²) in [5.41, 5.74) is 5.08. The highest BCUT2D eigenvalue weighted by Crippen LogP contribution is 2.47. The molecule has 1 N–H and O–H groups in total. The molecule has 2 heterocycles. The summed E-state index contributed by atoms with van der Waals surface area (Å²) in [4.78, 5) is 12.9. The topological polar surface area (TPSA) is 109 Å². The Kier molecular flexibility index (Phi) is 8.26. The SMILES string of the molecule is CCC1CN(Cc2cc(C(c3ccc4c(c3C)N=NC(C)C4C)C(C)(C)C(=O)O)ccc2C)S(=O)(=O)c2ccccc2O1. The van der Waals surface area contributed by atoms with Crippen LogP contribution in [0.2, 0.25) is 0 Å². The van der Waals surface area contributed by atoms with Crippen molar-refractivity contribution in [3.63, 3.8) is 0 Å². The minimum atomic E-state index is -3.84. The van der Waals surface area contributed by atoms with Gasteiger partial charge in [-0.25, -0.2) is 8.42 Å². The molecule has 2 aliphatic heterocycles. The molecule has 228 valence electrons. The number of nitrogens with zero attached hydrogens (tertiary/aromatic N) is 3. The zero-order valence-electron chi connectivity index (χ0n) is 26.0. The lowest BCUT2D eigenvalue weighted by atomic mass is 9.69. The maximum absolute atomic E-state index is 13.9. The number of aryl methyl sites for hydroxylation is 1. The first kappa shape index (κ1) is 30.9. The summed E-state index contributed by atoms with van der Waals surface area (Å²) < 4.78 is 35.3. The molecule has 0 amide bonds. The molecule has 0 aromatic heterocycles. The first-order chi connectivity index (χ1) is 20.3. The van der Waals surface area contributed by atoms with E-state index in [0.717, 1.165) is 39.1 Å². The zero-order chi connectivity index (χ0) is 31.3. The average molecular weight is 604 g/mol. The van der Waals surface area contributed by atoms with Crippen molar-refractivity contribution in [1.82, 2.24) is 4.31 Å². The van der Waals surface area contributed by atoms with Gasteiger partial charge in [-0.1, -0.05) is 56.3 Å². The summed E-state index contributed by atoms with van der Waals surface area (Å²) in [6, 6.07) is 16.8. The maximum atomic E-state index is 13.9. The van der Waals surface area contributed by atoms with E-state index in [2.05, 4.69) is 23.2 Å². The maximum Gasteiger partial charge on any atom is 0.310 e. The van der Waals surface area contributed by atoms with Gasteiger partial charge in [0.15, 0.2) is 0 Å². The van der Waals surface area contributed by atoms with Gasteiger partial charge in [-0.2, -0.15) is 14.5 Å². The van der Waals surface area contributed by atoms with Gasteiger partial charge in [0, 0.05) is 18.4 Å². The van der Waals surface area contributed by atoms with Crippen molar-refractivity contribution in [2.75, 3.05) is 6.54 Å². The summed E-state index contributed by atoms with van der Waals surface area (Å²) in [5, 5.41) is 19.4. The van der Waals surface area contributed by atoms with E-state index in [9.17, 15) is 18.3 Å². The van der Waals surface area contributed by atoms with Crippen LogP contribution in [0.15, 0.2) is 69.7 Å². The van der Waals surface area contributed by atoms with Gasteiger partial charge in [-0.05, 0) is 86.6 Å². The van der Waals surface area contributed by atoms with Crippen LogP contribution in [0.5, 0.6) is 5.75 Å². The highest BCUT2D eigenvalue weighted by atomic mass is 32.2. The fraction of sp³-hybridized carbons (Fsp3) is 0.441. The third-order valence-electron chi connectivity index (χ3n) is 9.32. The molecule has 0 saturated heterocycles. The van der Waals surface area contributed by atoms with Gasteiger partial charge in [-0.15, -0.1) is 0 Å². The van der Waals surface area contributed by atoms with Crippen LogP contribution in [0.1, 0.15) is 86.3 Å². The first-order valence-corrected chi connectivity index (χ1v) is 16.3. The van der Waals surface area contributed by atoms with Crippen molar-refractivity contribution in [2.24, 2.45) is 15.6 Å². The highest BCUT2D eigenvalue weighted by Gasteiger charge is 2.41. The number of ether oxygens (including phenoxy) is 1. The lowest BCUT2D eigenvalue weighted by Gasteiger charge is -2.34. The van der Waals surface area contributed by atoms with Crippen molar-refractivity contribution >= 4 is 21.7 Å². The van der Waals surface area contributed by atoms with Gasteiger partial charge in [-0.3, -0.25) is 4.79 Å². The van der Waals surface area contributed by atoms with E-state index in [1.54, 1.807) is 38.1 Å². The molecule has 8 nitrogen and oxygen atoms in total. The molecule has 0 saturated carbocycles. The molecular formula is C34H41N3O5S. The average Bonchev–Trinajstić information content (AvgIpc) is 3.07. The number of azo groups is 1. The van der Waals surface area contributed by atoms with E-state index in [0.29, 0.717) is 12.2 Å². The normalized spacial score (nSPS) is 22.2. The van der Waals surface area contributed by atoms with Gasteiger partial charge in [0.2, 0.25) is 10.0 Å². The molecule has 4 unspecified atom stereocenters. The number of hydrogen-bond acceptors (Lipinski definition) is 6. The van der Waals surface area contributed by atoms with Crippen LogP contribution in [-0.2, 0) is 21.4 Å². The molecule has 0 fully saturated rings. The van der Waals surface area contributed by atoms with E-state index in [-0.39, 0.29) is 36.0 Å². The van der Waals surface area contributed by atoms with Gasteiger partial charge in [0.1, 0.15) is 16.7 Å². The molecule has 4 atom stereocenters. The Balaban J connectivity index is 1.61. The van der Waals surface area contributed by atoms with Crippen LogP contribution >= 0.6 is 0 Å². The minimum Gasteiger partial charge on any atom is -0.488 e. The number of benzene rings is 3. The highest BCUT2D eigenvalue weighted by molar-refractivity contribution is 7.89. The summed E-state index contributed by atoms with van der Waals surface area (Å²) >= 11 is 0. The minimum absolute atomic E-state index is 0.0728. The second kappa shape index (κ2) is 11.5. The second-order valence-electron chi connectivity index (χ2n) is 12.5. The Labute approximate surface area is 254 Å². The molecule has 2 aliphatic rings. The predicted octanol–water partition coefficient (Wildman–Crippen LogP) is 7.50. The molecule has 43 heavy (non-hydrogen) atoms. The number of aliphatic carboxylic acids is 1. The molecule has 9 heteroatoms. The van der Waals surface area contributed by atoms with E-state index in [1.165, 1.54) is 4.31 Å². The Hall–Kier alpha value is -3.56. The second-order valence-corrected chi connectivity index (χ2v) is 14.4. The molecular weight excluding hydrogens is 562 g/mol. The number of fused-ring (bicyclic) bond motifs is 2. The Bertz CT molecular complexity index is 1700. The molecule has 0 bridgehead atoms. The number of carboxylic acids is 1. The molecule has 3 aromatic rings. The fourth-order valence-electron chi connectivity index (χ4n) is 6.20. The van der Waals surface area contributed by atoms with Crippen LogP contribution in [0.3, 0.4) is 0 Å². The third-order valence-corrected chi connectivity index (χ3v) is 11.2. The lowest BCUT2D eigenvalue weighted by molar-refractivity contribution is -0.147. The third kappa shape index (κ3) is 5.49. The van der Waals surface area contributed by atoms with Crippen molar-refractivity contribution in [2.45, 2.75) is 90.3 Å². The molecule has 3 aromatic carbocycles. The predicted molar refractivity (Wildman–Crippen MR) is 167 cm³/mol. The number of carboxylic acid groups (broad SMARTS) is 1. The molecule has 0 radical (unpaired) electrons. The van der Waals surface area contributed by atoms with Crippen molar-refractivity contribution < 1.29 is 23.1 Å². The smallest absolute Gasteiger partial charge is 0.310 e. The fourth-order valence-corrected chi connectivity index (χ4v) is 7.77. The lowest BCUT2D eigenvalue weighted by Crippen LogP contribution is -2.36. The van der Waals surface area contributed by atoms with Gasteiger partial charge < -0.3 is 9.84 Å². The summed E-state index contributed by atoms with van der Waals surface area (Å²) in [6.07, 6.45) is 0.360. The van der Waals surface area contributed by atoms with Crippen molar-refractivity contribution in [3.05, 3.63) is 88.0 Å². The summed E-state index contributed by atoms with van der Waals surface area (Å²) in [6.45, 7) is 13.9. The van der Waals surface area contributed by atoms with Gasteiger partial charge in [0.25, 0.3) is 0 Å². The number of rotatable bonds is 7. The molecule has 5 rings (SSSR count). The standard InChI is InChI=1S/C34H41N3O5S/c1-8-26-19-37(43(40,41)30-12-10-9-11-29(30)42-26)18-25-17-24(14-13-20(25)2)31(34(6,7)33(38)39)27-15-16-28-21(3)23(5)35-36-32(28)22(27)4/h9-17,21,23,26,31H,8,18-19H2,1-7H3,(H,38,39). The van der Waals surface area contributed by atoms with E-state index in [1.807, 2.05) is 52.0 Å². The molecule has 0 aliphatic carbocycles. The monoisotopic (exact) mass is 603 g/mol. The summed E-state index contributed by atoms with van der Waals surface area (Å²) in [7, 11) is -3.84. The van der Waals surface area contributed by atoms with E-state index < -0.39 is 27.3 Å². The Morgan fingerprint density at radius 2 is 1.84 bits per heavy atom. The van der Waals surface area contributed by atoms with Crippen LogP contribution in [0.25, 0.3) is 0 Å². The number of hydrogen-bond donors (Lipinski definition) is 1. The quantitative estimate of drug-likeness (QED) is 0.301. The molecule has 0 spiro atoms. The number of carbonyl (C=O) groups is 1. The van der Waals surface area contributed by atoms with Crippen LogP contribution in [0.4, 0.5) is 5.69 Å². The van der Waals surface area contributed by atoms with Crippen LogP contribution in [0, 0.1) is 19.3 Å². The largest absolute Gasteiger partial charge is 0.488 e. The number of sulfonamides is 1. The number of para-hydroxylation sites is 1. The van der Waals surface area contributed by atoms with E-state index >= 15 is 0 Å². The summed E-state index contributed by atoms with van der Waals surface area (Å²) in [5.74, 6) is -0.870. The zero-order valence-corrected chi connectivity index (χ0v) is 26.8. The Morgan fingerprint density at radius 1 is 1.12 bits per heavy atom. The van der Waals surface area contributed by atoms with Crippen molar-refractivity contribution in [1.29, 1.82) is 0 Å².